The van der Waals surface area contributed by atoms with Gasteiger partial charge < -0.3 is 0 Å². The number of hydrogen-bond donors (Lipinski definition) is 0. The fourth-order valence-corrected chi connectivity index (χ4v) is 2.34. The maximum absolute atomic E-state index is 12.1. The van der Waals surface area contributed by atoms with Crippen molar-refractivity contribution in [3.05, 3.63) is 47.5 Å². The molecule has 2 heteroatoms. The van der Waals surface area contributed by atoms with Crippen molar-refractivity contribution in [3.63, 3.8) is 0 Å². The van der Waals surface area contributed by atoms with Gasteiger partial charge in [0.05, 0.1) is 0 Å². The SMILES string of the molecule is Cc1ccc(C(=O)CCCBr)c2ccccc12. The molecule has 1 nitrogen and oxygen atoms in total. The molecule has 0 unspecified atom stereocenters. The van der Waals surface area contributed by atoms with Crippen LogP contribution in [0.4, 0.5) is 0 Å². The minimum Gasteiger partial charge on any atom is -0.294 e. The van der Waals surface area contributed by atoms with E-state index in [1.165, 1.54) is 10.9 Å². The van der Waals surface area contributed by atoms with E-state index in [1.807, 2.05) is 30.3 Å². The van der Waals surface area contributed by atoms with E-state index in [0.717, 1.165) is 22.7 Å². The summed E-state index contributed by atoms with van der Waals surface area (Å²) in [5.74, 6) is 0.237. The maximum atomic E-state index is 12.1. The van der Waals surface area contributed by atoms with Crippen molar-refractivity contribution in [3.8, 4) is 0 Å². The lowest BCUT2D eigenvalue weighted by atomic mass is 9.96. The van der Waals surface area contributed by atoms with E-state index in [4.69, 9.17) is 0 Å². The van der Waals surface area contributed by atoms with Crippen molar-refractivity contribution >= 4 is 32.5 Å². The van der Waals surface area contributed by atoms with Gasteiger partial charge in [0.15, 0.2) is 5.78 Å². The standard InChI is InChI=1S/C15H15BrO/c1-11-8-9-14(15(17)7-4-10-16)13-6-3-2-5-12(11)13/h2-3,5-6,8-9H,4,7,10H2,1H3. The molecule has 0 saturated heterocycles. The number of alkyl halides is 1. The monoisotopic (exact) mass is 290 g/mol. The van der Waals surface area contributed by atoms with Crippen molar-refractivity contribution < 1.29 is 4.79 Å². The van der Waals surface area contributed by atoms with Gasteiger partial charge in [-0.1, -0.05) is 52.3 Å². The van der Waals surface area contributed by atoms with Gasteiger partial charge in [-0.15, -0.1) is 0 Å². The van der Waals surface area contributed by atoms with Crippen molar-refractivity contribution in [1.29, 1.82) is 0 Å². The summed E-state index contributed by atoms with van der Waals surface area (Å²) in [4.78, 5) is 12.1. The third kappa shape index (κ3) is 2.58. The second-order valence-electron chi connectivity index (χ2n) is 4.19. The van der Waals surface area contributed by atoms with E-state index in [9.17, 15) is 4.79 Å². The highest BCUT2D eigenvalue weighted by molar-refractivity contribution is 9.09. The Morgan fingerprint density at radius 1 is 1.12 bits per heavy atom. The number of rotatable bonds is 4. The molecular formula is C15H15BrO. The van der Waals surface area contributed by atoms with E-state index in [0.29, 0.717) is 6.42 Å². The zero-order valence-electron chi connectivity index (χ0n) is 9.87. The van der Waals surface area contributed by atoms with Gasteiger partial charge in [0.25, 0.3) is 0 Å². The van der Waals surface area contributed by atoms with E-state index >= 15 is 0 Å². The molecule has 0 atom stereocenters. The smallest absolute Gasteiger partial charge is 0.163 e. The molecule has 0 bridgehead atoms. The van der Waals surface area contributed by atoms with E-state index in [2.05, 4.69) is 28.9 Å². The van der Waals surface area contributed by atoms with Crippen LogP contribution in [-0.4, -0.2) is 11.1 Å². The molecule has 0 aliphatic rings. The van der Waals surface area contributed by atoms with Crippen LogP contribution in [0.15, 0.2) is 36.4 Å². The predicted molar refractivity (Wildman–Crippen MR) is 76.0 cm³/mol. The molecule has 2 aromatic carbocycles. The van der Waals surface area contributed by atoms with E-state index < -0.39 is 0 Å². The summed E-state index contributed by atoms with van der Waals surface area (Å²) < 4.78 is 0. The molecule has 0 saturated carbocycles. The Balaban J connectivity index is 2.48. The van der Waals surface area contributed by atoms with Crippen molar-refractivity contribution in [2.75, 3.05) is 5.33 Å². The maximum Gasteiger partial charge on any atom is 0.163 e. The van der Waals surface area contributed by atoms with Gasteiger partial charge in [0.2, 0.25) is 0 Å². The molecule has 88 valence electrons. The second-order valence-corrected chi connectivity index (χ2v) is 4.98. The van der Waals surface area contributed by atoms with Crippen LogP contribution < -0.4 is 0 Å². The van der Waals surface area contributed by atoms with Crippen LogP contribution in [-0.2, 0) is 0 Å². The van der Waals surface area contributed by atoms with Crippen LogP contribution in [0, 0.1) is 6.92 Å². The van der Waals surface area contributed by atoms with Crippen molar-refractivity contribution in [2.45, 2.75) is 19.8 Å². The Morgan fingerprint density at radius 2 is 1.82 bits per heavy atom. The van der Waals surface area contributed by atoms with Gasteiger partial charge in [-0.2, -0.15) is 0 Å². The number of carbonyl (C=O) groups excluding carboxylic acids is 1. The molecule has 0 amide bonds. The highest BCUT2D eigenvalue weighted by Gasteiger charge is 2.10. The van der Waals surface area contributed by atoms with Crippen LogP contribution in [0.5, 0.6) is 0 Å². The Bertz CT molecular complexity index is 546. The summed E-state index contributed by atoms with van der Waals surface area (Å²) in [5, 5.41) is 3.13. The number of aryl methyl sites for hydroxylation is 1. The largest absolute Gasteiger partial charge is 0.294 e. The highest BCUT2D eigenvalue weighted by Crippen LogP contribution is 2.23. The van der Waals surface area contributed by atoms with E-state index in [-0.39, 0.29) is 5.78 Å². The first kappa shape index (κ1) is 12.3. The van der Waals surface area contributed by atoms with Gasteiger partial charge in [-0.3, -0.25) is 4.79 Å². The zero-order chi connectivity index (χ0) is 12.3. The lowest BCUT2D eigenvalue weighted by Crippen LogP contribution is -2.00. The first-order valence-corrected chi connectivity index (χ1v) is 6.93. The van der Waals surface area contributed by atoms with Gasteiger partial charge in [-0.25, -0.2) is 0 Å². The molecule has 17 heavy (non-hydrogen) atoms. The first-order chi connectivity index (χ1) is 8.24. The molecule has 0 fully saturated rings. The Kier molecular flexibility index (Phi) is 3.95. The second kappa shape index (κ2) is 5.46. The topological polar surface area (TPSA) is 17.1 Å². The molecule has 0 aliphatic heterocycles. The van der Waals surface area contributed by atoms with Gasteiger partial charge in [-0.05, 0) is 29.7 Å². The summed E-state index contributed by atoms with van der Waals surface area (Å²) in [5.41, 5.74) is 2.07. The van der Waals surface area contributed by atoms with E-state index in [1.54, 1.807) is 0 Å². The minimum absolute atomic E-state index is 0.237. The Hall–Kier alpha value is -1.15. The average Bonchev–Trinajstić information content (AvgIpc) is 2.37. The number of Topliss-reactive ketones (excluding diaryl/α,β-unsaturated/α-hetero) is 1. The molecule has 0 aromatic heterocycles. The van der Waals surface area contributed by atoms with Crippen molar-refractivity contribution in [2.24, 2.45) is 0 Å². The summed E-state index contributed by atoms with van der Waals surface area (Å²) >= 11 is 3.36. The molecule has 0 spiro atoms. The lowest BCUT2D eigenvalue weighted by Gasteiger charge is -2.07. The first-order valence-electron chi connectivity index (χ1n) is 5.81. The molecule has 2 rings (SSSR count). The number of carbonyl (C=O) groups is 1. The summed E-state index contributed by atoms with van der Waals surface area (Å²) in [6.07, 6.45) is 1.50. The summed E-state index contributed by atoms with van der Waals surface area (Å²) in [6.45, 7) is 2.08. The number of ketones is 1. The Morgan fingerprint density at radius 3 is 2.53 bits per heavy atom. The minimum atomic E-state index is 0.237. The molecule has 0 aliphatic carbocycles. The normalized spacial score (nSPS) is 10.7. The van der Waals surface area contributed by atoms with Gasteiger partial charge >= 0.3 is 0 Å². The van der Waals surface area contributed by atoms with Gasteiger partial charge in [0, 0.05) is 17.3 Å². The van der Waals surface area contributed by atoms with Crippen LogP contribution in [0.1, 0.15) is 28.8 Å². The fraction of sp³-hybridized carbons (Fsp3) is 0.267. The number of halogens is 1. The summed E-state index contributed by atoms with van der Waals surface area (Å²) in [7, 11) is 0. The fourth-order valence-electron chi connectivity index (χ4n) is 2.05. The number of fused-ring (bicyclic) bond motifs is 1. The van der Waals surface area contributed by atoms with Crippen LogP contribution in [0.25, 0.3) is 10.8 Å². The molecule has 0 heterocycles. The number of benzene rings is 2. The zero-order valence-corrected chi connectivity index (χ0v) is 11.5. The molecule has 0 N–H and O–H groups in total. The highest BCUT2D eigenvalue weighted by atomic mass is 79.9. The molecular weight excluding hydrogens is 276 g/mol. The third-order valence-corrected chi connectivity index (χ3v) is 3.54. The van der Waals surface area contributed by atoms with Crippen LogP contribution >= 0.6 is 15.9 Å². The Labute approximate surface area is 110 Å². The predicted octanol–water partition coefficient (Wildman–Crippen LogP) is 4.51. The average molecular weight is 291 g/mol. The molecule has 0 radical (unpaired) electrons. The quantitative estimate of drug-likeness (QED) is 0.598. The summed E-state index contributed by atoms with van der Waals surface area (Å²) in [6, 6.07) is 12.1. The van der Waals surface area contributed by atoms with Crippen molar-refractivity contribution in [1.82, 2.24) is 0 Å². The van der Waals surface area contributed by atoms with Crippen LogP contribution in [0.2, 0.25) is 0 Å². The lowest BCUT2D eigenvalue weighted by molar-refractivity contribution is 0.0984. The van der Waals surface area contributed by atoms with Gasteiger partial charge in [0.1, 0.15) is 0 Å². The van der Waals surface area contributed by atoms with Crippen LogP contribution in [0.3, 0.4) is 0 Å². The third-order valence-electron chi connectivity index (χ3n) is 2.98. The number of hydrogen-bond acceptors (Lipinski definition) is 1. The molecule has 2 aromatic rings.